The van der Waals surface area contributed by atoms with Crippen LogP contribution in [0.1, 0.15) is 24.8 Å². The van der Waals surface area contributed by atoms with E-state index >= 15 is 0 Å². The maximum absolute atomic E-state index is 12.4. The number of piperidine rings is 1. The van der Waals surface area contributed by atoms with Crippen LogP contribution in [0.3, 0.4) is 0 Å². The van der Waals surface area contributed by atoms with Crippen LogP contribution < -0.4 is 4.72 Å². The molecule has 1 aliphatic heterocycles. The quantitative estimate of drug-likeness (QED) is 0.873. The summed E-state index contributed by atoms with van der Waals surface area (Å²) in [6, 6.07) is 13.8. The van der Waals surface area contributed by atoms with E-state index < -0.39 is 10.0 Å². The lowest BCUT2D eigenvalue weighted by Crippen LogP contribution is -2.46. The van der Waals surface area contributed by atoms with Gasteiger partial charge in [-0.25, -0.2) is 13.1 Å². The maximum atomic E-state index is 12.4. The monoisotopic (exact) mass is 345 g/mol. The third kappa shape index (κ3) is 4.41. The molecular formula is C18H23N3O2S. The Labute approximate surface area is 143 Å². The van der Waals surface area contributed by atoms with Gasteiger partial charge in [-0.15, -0.1) is 0 Å². The van der Waals surface area contributed by atoms with Crippen LogP contribution in [0.5, 0.6) is 0 Å². The zero-order chi connectivity index (χ0) is 16.8. The van der Waals surface area contributed by atoms with Gasteiger partial charge >= 0.3 is 0 Å². The van der Waals surface area contributed by atoms with Gasteiger partial charge in [0.05, 0.1) is 0 Å². The second-order valence-electron chi connectivity index (χ2n) is 6.15. The van der Waals surface area contributed by atoms with E-state index in [1.54, 1.807) is 18.3 Å². The van der Waals surface area contributed by atoms with Crippen LogP contribution >= 0.6 is 0 Å². The van der Waals surface area contributed by atoms with Gasteiger partial charge in [0, 0.05) is 31.5 Å². The third-order valence-electron chi connectivity index (χ3n) is 4.43. The molecular weight excluding hydrogens is 322 g/mol. The van der Waals surface area contributed by atoms with Gasteiger partial charge in [-0.3, -0.25) is 9.88 Å². The molecule has 128 valence electrons. The summed E-state index contributed by atoms with van der Waals surface area (Å²) in [5, 5.41) is 0. The minimum atomic E-state index is -3.50. The Bertz CT molecular complexity index is 735. The molecule has 0 bridgehead atoms. The molecule has 1 atom stereocenters. The summed E-state index contributed by atoms with van der Waals surface area (Å²) in [6.45, 7) is 2.30. The van der Waals surface area contributed by atoms with E-state index in [1.165, 1.54) is 18.2 Å². The topological polar surface area (TPSA) is 62.3 Å². The molecule has 6 heteroatoms. The van der Waals surface area contributed by atoms with Crippen molar-refractivity contribution in [3.8, 4) is 0 Å². The lowest BCUT2D eigenvalue weighted by Gasteiger charge is -2.35. The summed E-state index contributed by atoms with van der Waals surface area (Å²) >= 11 is 0. The molecule has 2 aromatic rings. The smallest absolute Gasteiger partial charge is 0.242 e. The number of sulfonamides is 1. The Morgan fingerprint density at radius 2 is 1.96 bits per heavy atom. The van der Waals surface area contributed by atoms with E-state index in [4.69, 9.17) is 0 Å². The number of hydrogen-bond donors (Lipinski definition) is 1. The predicted molar refractivity (Wildman–Crippen MR) is 93.9 cm³/mol. The molecule has 0 aliphatic carbocycles. The molecule has 3 rings (SSSR count). The van der Waals surface area contributed by atoms with E-state index in [2.05, 4.69) is 26.7 Å². The van der Waals surface area contributed by atoms with Crippen molar-refractivity contribution in [2.45, 2.75) is 36.7 Å². The molecule has 1 N–H and O–H groups in total. The lowest BCUT2D eigenvalue weighted by atomic mass is 10.0. The molecule has 2 heterocycles. The van der Waals surface area contributed by atoms with Crippen LogP contribution in [0.2, 0.25) is 0 Å². The summed E-state index contributed by atoms with van der Waals surface area (Å²) in [5.74, 6) is 0. The fourth-order valence-electron chi connectivity index (χ4n) is 3.11. The molecule has 0 spiro atoms. The SMILES string of the molecule is O=S(=O)(NC[C@H]1CCCCN1Cc1ccccc1)c1cccnc1. The van der Waals surface area contributed by atoms with Crippen molar-refractivity contribution in [1.82, 2.24) is 14.6 Å². The standard InChI is InChI=1S/C18H23N3O2S/c22-24(23,18-10-6-11-19-14-18)20-13-17-9-4-5-12-21(17)15-16-7-2-1-3-8-16/h1-3,6-8,10-11,14,17,20H,4-5,9,12-13,15H2/t17-/m1/s1. The predicted octanol–water partition coefficient (Wildman–Crippen LogP) is 2.41. The first-order chi connectivity index (χ1) is 11.6. The second kappa shape index (κ2) is 7.88. The van der Waals surface area contributed by atoms with Crippen LogP contribution in [-0.4, -0.2) is 37.4 Å². The van der Waals surface area contributed by atoms with Crippen molar-refractivity contribution in [3.63, 3.8) is 0 Å². The minimum absolute atomic E-state index is 0.218. The highest BCUT2D eigenvalue weighted by Crippen LogP contribution is 2.20. The zero-order valence-corrected chi connectivity index (χ0v) is 14.5. The lowest BCUT2D eigenvalue weighted by molar-refractivity contribution is 0.142. The van der Waals surface area contributed by atoms with Crippen LogP contribution in [-0.2, 0) is 16.6 Å². The van der Waals surface area contributed by atoms with E-state index in [1.807, 2.05) is 18.2 Å². The number of likely N-dealkylation sites (tertiary alicyclic amines) is 1. The fourth-order valence-corrected chi connectivity index (χ4v) is 4.15. The summed E-state index contributed by atoms with van der Waals surface area (Å²) < 4.78 is 27.5. The first-order valence-corrected chi connectivity index (χ1v) is 9.81. The number of benzene rings is 1. The van der Waals surface area contributed by atoms with Crippen molar-refractivity contribution in [2.75, 3.05) is 13.1 Å². The Hall–Kier alpha value is -1.76. The molecule has 5 nitrogen and oxygen atoms in total. The van der Waals surface area contributed by atoms with Crippen molar-refractivity contribution in [2.24, 2.45) is 0 Å². The number of aromatic nitrogens is 1. The molecule has 0 unspecified atom stereocenters. The molecule has 0 radical (unpaired) electrons. The van der Waals surface area contributed by atoms with Crippen LogP contribution in [0.15, 0.2) is 59.8 Å². The van der Waals surface area contributed by atoms with Gasteiger partial charge < -0.3 is 0 Å². The van der Waals surface area contributed by atoms with Gasteiger partial charge in [0.1, 0.15) is 4.90 Å². The number of pyridine rings is 1. The molecule has 1 aromatic heterocycles. The van der Waals surface area contributed by atoms with Crippen LogP contribution in [0.4, 0.5) is 0 Å². The summed E-state index contributed by atoms with van der Waals surface area (Å²) in [4.78, 5) is 6.48. The number of nitrogens with one attached hydrogen (secondary N) is 1. The van der Waals surface area contributed by atoms with Gasteiger partial charge in [-0.1, -0.05) is 36.8 Å². The minimum Gasteiger partial charge on any atom is -0.295 e. The molecule has 1 saturated heterocycles. The highest BCUT2D eigenvalue weighted by Gasteiger charge is 2.24. The van der Waals surface area contributed by atoms with Gasteiger partial charge in [-0.2, -0.15) is 0 Å². The summed E-state index contributed by atoms with van der Waals surface area (Å²) in [7, 11) is -3.50. The second-order valence-corrected chi connectivity index (χ2v) is 7.91. The van der Waals surface area contributed by atoms with Gasteiger partial charge in [-0.05, 0) is 37.1 Å². The first kappa shape index (κ1) is 17.1. The third-order valence-corrected chi connectivity index (χ3v) is 5.84. The van der Waals surface area contributed by atoms with Crippen molar-refractivity contribution in [1.29, 1.82) is 0 Å². The average Bonchev–Trinajstić information content (AvgIpc) is 2.63. The molecule has 1 aromatic carbocycles. The molecule has 24 heavy (non-hydrogen) atoms. The largest absolute Gasteiger partial charge is 0.295 e. The maximum Gasteiger partial charge on any atom is 0.242 e. The summed E-state index contributed by atoms with van der Waals surface area (Å²) in [6.07, 6.45) is 6.28. The molecule has 1 aliphatic rings. The highest BCUT2D eigenvalue weighted by molar-refractivity contribution is 7.89. The first-order valence-electron chi connectivity index (χ1n) is 8.33. The summed E-state index contributed by atoms with van der Waals surface area (Å²) in [5.41, 5.74) is 1.26. The molecule has 1 fully saturated rings. The number of hydrogen-bond acceptors (Lipinski definition) is 4. The Balaban J connectivity index is 1.64. The zero-order valence-electron chi connectivity index (χ0n) is 13.6. The number of rotatable bonds is 6. The van der Waals surface area contributed by atoms with E-state index in [0.717, 1.165) is 25.9 Å². The van der Waals surface area contributed by atoms with Crippen molar-refractivity contribution < 1.29 is 8.42 Å². The van der Waals surface area contributed by atoms with Crippen molar-refractivity contribution in [3.05, 3.63) is 60.4 Å². The van der Waals surface area contributed by atoms with Gasteiger partial charge in [0.15, 0.2) is 0 Å². The molecule has 0 amide bonds. The Kier molecular flexibility index (Phi) is 5.60. The fraction of sp³-hybridized carbons (Fsp3) is 0.389. The Morgan fingerprint density at radius 1 is 1.12 bits per heavy atom. The average molecular weight is 345 g/mol. The number of nitrogens with zero attached hydrogens (tertiary/aromatic N) is 2. The molecule has 0 saturated carbocycles. The van der Waals surface area contributed by atoms with E-state index in [-0.39, 0.29) is 10.9 Å². The van der Waals surface area contributed by atoms with E-state index in [0.29, 0.717) is 6.54 Å². The van der Waals surface area contributed by atoms with Crippen LogP contribution in [0, 0.1) is 0 Å². The van der Waals surface area contributed by atoms with Gasteiger partial charge in [0.2, 0.25) is 10.0 Å². The van der Waals surface area contributed by atoms with E-state index in [9.17, 15) is 8.42 Å². The van der Waals surface area contributed by atoms with Gasteiger partial charge in [0.25, 0.3) is 0 Å². The Morgan fingerprint density at radius 3 is 2.71 bits per heavy atom. The van der Waals surface area contributed by atoms with Crippen molar-refractivity contribution >= 4 is 10.0 Å². The van der Waals surface area contributed by atoms with Crippen LogP contribution in [0.25, 0.3) is 0 Å². The normalized spacial score (nSPS) is 19.2. The highest BCUT2D eigenvalue weighted by atomic mass is 32.2.